The van der Waals surface area contributed by atoms with E-state index in [1.165, 1.54) is 17.5 Å². The van der Waals surface area contributed by atoms with Gasteiger partial charge in [-0.3, -0.25) is 4.79 Å². The van der Waals surface area contributed by atoms with Gasteiger partial charge in [-0.25, -0.2) is 0 Å². The summed E-state index contributed by atoms with van der Waals surface area (Å²) in [5.74, 6) is 2.11. The second-order valence-corrected chi connectivity index (χ2v) is 8.57. The molecule has 5 nitrogen and oxygen atoms in total. The van der Waals surface area contributed by atoms with E-state index in [-0.39, 0.29) is 5.91 Å². The number of amides is 1. The fourth-order valence-corrected chi connectivity index (χ4v) is 4.20. The molecule has 162 valence electrons. The number of rotatable bonds is 8. The molecule has 4 rings (SSSR count). The Kier molecular flexibility index (Phi) is 7.13. The lowest BCUT2D eigenvalue weighted by Gasteiger charge is -2.32. The first-order chi connectivity index (χ1) is 15.2. The van der Waals surface area contributed by atoms with Crippen molar-refractivity contribution < 1.29 is 9.21 Å². The first-order valence-corrected chi connectivity index (χ1v) is 11.4. The molecule has 3 aromatic rings. The molecular weight excluding hydrogens is 386 g/mol. The minimum Gasteiger partial charge on any atom is -0.421 e. The SMILES string of the molecule is Cc1ccc(CCC2CCN(C(=O)CCCc3nnc(-c4ccccc4)o3)CC2)cc1. The second-order valence-electron chi connectivity index (χ2n) is 8.57. The Balaban J connectivity index is 1.15. The zero-order valence-electron chi connectivity index (χ0n) is 18.3. The molecule has 0 atom stereocenters. The van der Waals surface area contributed by atoms with Crippen LogP contribution in [0.15, 0.2) is 59.0 Å². The fourth-order valence-electron chi connectivity index (χ4n) is 4.20. The third kappa shape index (κ3) is 6.03. The maximum absolute atomic E-state index is 12.6. The fraction of sp³-hybridized carbons (Fsp3) is 0.423. The van der Waals surface area contributed by atoms with Crippen molar-refractivity contribution in [1.82, 2.24) is 15.1 Å². The number of benzene rings is 2. The van der Waals surface area contributed by atoms with E-state index >= 15 is 0 Å². The molecule has 1 aromatic heterocycles. The molecule has 1 saturated heterocycles. The van der Waals surface area contributed by atoms with E-state index in [4.69, 9.17) is 4.42 Å². The van der Waals surface area contributed by atoms with E-state index in [1.54, 1.807) is 0 Å². The summed E-state index contributed by atoms with van der Waals surface area (Å²) >= 11 is 0. The van der Waals surface area contributed by atoms with Gasteiger partial charge >= 0.3 is 0 Å². The Morgan fingerprint density at radius 1 is 1.00 bits per heavy atom. The van der Waals surface area contributed by atoms with Crippen molar-refractivity contribution in [2.45, 2.75) is 51.9 Å². The van der Waals surface area contributed by atoms with Gasteiger partial charge < -0.3 is 9.32 Å². The van der Waals surface area contributed by atoms with Gasteiger partial charge in [0.25, 0.3) is 0 Å². The molecule has 1 aliphatic heterocycles. The zero-order valence-corrected chi connectivity index (χ0v) is 18.3. The molecule has 0 spiro atoms. The van der Waals surface area contributed by atoms with E-state index in [0.29, 0.717) is 24.6 Å². The third-order valence-corrected chi connectivity index (χ3v) is 6.20. The highest BCUT2D eigenvalue weighted by atomic mass is 16.4. The summed E-state index contributed by atoms with van der Waals surface area (Å²) < 4.78 is 5.73. The monoisotopic (exact) mass is 417 g/mol. The van der Waals surface area contributed by atoms with E-state index in [0.717, 1.165) is 50.3 Å². The number of hydrogen-bond acceptors (Lipinski definition) is 4. The van der Waals surface area contributed by atoms with Crippen LogP contribution >= 0.6 is 0 Å². The Hall–Kier alpha value is -2.95. The molecule has 0 N–H and O–H groups in total. The van der Waals surface area contributed by atoms with Gasteiger partial charge in [-0.15, -0.1) is 10.2 Å². The minimum absolute atomic E-state index is 0.250. The van der Waals surface area contributed by atoms with Gasteiger partial charge in [-0.05, 0) is 62.6 Å². The molecule has 1 fully saturated rings. The number of piperidine rings is 1. The lowest BCUT2D eigenvalue weighted by molar-refractivity contribution is -0.132. The van der Waals surface area contributed by atoms with Crippen molar-refractivity contribution in [3.8, 4) is 11.5 Å². The lowest BCUT2D eigenvalue weighted by atomic mass is 9.90. The van der Waals surface area contributed by atoms with Crippen LogP contribution in [0, 0.1) is 12.8 Å². The van der Waals surface area contributed by atoms with Gasteiger partial charge in [-0.2, -0.15) is 0 Å². The van der Waals surface area contributed by atoms with Crippen LogP contribution in [-0.4, -0.2) is 34.1 Å². The quantitative estimate of drug-likeness (QED) is 0.503. The van der Waals surface area contributed by atoms with Crippen LogP contribution in [0.4, 0.5) is 0 Å². The molecule has 1 aliphatic rings. The highest BCUT2D eigenvalue weighted by Gasteiger charge is 2.22. The predicted octanol–water partition coefficient (Wildman–Crippen LogP) is 5.24. The van der Waals surface area contributed by atoms with Crippen molar-refractivity contribution in [3.63, 3.8) is 0 Å². The molecule has 31 heavy (non-hydrogen) atoms. The molecule has 5 heteroatoms. The normalized spacial score (nSPS) is 14.7. The number of hydrogen-bond donors (Lipinski definition) is 0. The van der Waals surface area contributed by atoms with Crippen molar-refractivity contribution in [2.75, 3.05) is 13.1 Å². The topological polar surface area (TPSA) is 59.2 Å². The van der Waals surface area contributed by atoms with Crippen LogP contribution < -0.4 is 0 Å². The smallest absolute Gasteiger partial charge is 0.247 e. The lowest BCUT2D eigenvalue weighted by Crippen LogP contribution is -2.38. The van der Waals surface area contributed by atoms with Crippen LogP contribution in [0.1, 0.15) is 49.1 Å². The summed E-state index contributed by atoms with van der Waals surface area (Å²) in [6, 6.07) is 18.6. The molecule has 0 unspecified atom stereocenters. The van der Waals surface area contributed by atoms with Crippen molar-refractivity contribution in [1.29, 1.82) is 0 Å². The average molecular weight is 418 g/mol. The van der Waals surface area contributed by atoms with Gasteiger partial charge in [0.1, 0.15) is 0 Å². The van der Waals surface area contributed by atoms with E-state index in [2.05, 4.69) is 41.4 Å². The summed E-state index contributed by atoms with van der Waals surface area (Å²) in [7, 11) is 0. The highest BCUT2D eigenvalue weighted by molar-refractivity contribution is 5.76. The van der Waals surface area contributed by atoms with Gasteiger partial charge in [0.2, 0.25) is 17.7 Å². The van der Waals surface area contributed by atoms with Crippen LogP contribution in [0.2, 0.25) is 0 Å². The van der Waals surface area contributed by atoms with Gasteiger partial charge in [0, 0.05) is 31.5 Å². The van der Waals surface area contributed by atoms with Crippen LogP contribution in [0.5, 0.6) is 0 Å². The summed E-state index contributed by atoms with van der Waals surface area (Å²) in [6.45, 7) is 3.90. The first kappa shape index (κ1) is 21.3. The van der Waals surface area contributed by atoms with Gasteiger partial charge in [0.05, 0.1) is 0 Å². The Morgan fingerprint density at radius 3 is 2.48 bits per heavy atom. The second kappa shape index (κ2) is 10.4. The summed E-state index contributed by atoms with van der Waals surface area (Å²) in [4.78, 5) is 14.6. The maximum atomic E-state index is 12.6. The Bertz CT molecular complexity index is 958. The minimum atomic E-state index is 0.250. The Morgan fingerprint density at radius 2 is 1.74 bits per heavy atom. The number of carbonyl (C=O) groups is 1. The third-order valence-electron chi connectivity index (χ3n) is 6.20. The molecule has 0 bridgehead atoms. The molecule has 1 amide bonds. The summed E-state index contributed by atoms with van der Waals surface area (Å²) in [5, 5.41) is 8.23. The maximum Gasteiger partial charge on any atom is 0.247 e. The van der Waals surface area contributed by atoms with Gasteiger partial charge in [-0.1, -0.05) is 48.0 Å². The standard InChI is InChI=1S/C26H31N3O2/c1-20-10-12-21(13-11-20)14-15-22-16-18-29(19-17-22)25(30)9-5-8-24-27-28-26(31-24)23-6-3-2-4-7-23/h2-4,6-7,10-13,22H,5,8-9,14-19H2,1H3. The van der Waals surface area contributed by atoms with Crippen molar-refractivity contribution in [2.24, 2.45) is 5.92 Å². The molecule has 2 heterocycles. The van der Waals surface area contributed by atoms with Crippen molar-refractivity contribution in [3.05, 3.63) is 71.6 Å². The highest BCUT2D eigenvalue weighted by Crippen LogP contribution is 2.23. The van der Waals surface area contributed by atoms with E-state index in [1.807, 2.05) is 35.2 Å². The molecule has 0 saturated carbocycles. The van der Waals surface area contributed by atoms with Crippen LogP contribution in [0.25, 0.3) is 11.5 Å². The molecular formula is C26H31N3O2. The number of aromatic nitrogens is 2. The summed E-state index contributed by atoms with van der Waals surface area (Å²) in [6.07, 6.45) is 6.49. The van der Waals surface area contributed by atoms with Crippen LogP contribution in [0.3, 0.4) is 0 Å². The van der Waals surface area contributed by atoms with Crippen LogP contribution in [-0.2, 0) is 17.6 Å². The molecule has 0 aliphatic carbocycles. The number of nitrogens with zero attached hydrogens (tertiary/aromatic N) is 3. The summed E-state index contributed by atoms with van der Waals surface area (Å²) in [5.41, 5.74) is 3.65. The zero-order chi connectivity index (χ0) is 21.5. The number of carbonyl (C=O) groups excluding carboxylic acids is 1. The average Bonchev–Trinajstić information content (AvgIpc) is 3.28. The Labute approximate surface area is 184 Å². The number of likely N-dealkylation sites (tertiary alicyclic amines) is 1. The van der Waals surface area contributed by atoms with E-state index in [9.17, 15) is 4.79 Å². The number of aryl methyl sites for hydroxylation is 3. The predicted molar refractivity (Wildman–Crippen MR) is 121 cm³/mol. The van der Waals surface area contributed by atoms with Crippen molar-refractivity contribution >= 4 is 5.91 Å². The largest absolute Gasteiger partial charge is 0.421 e. The van der Waals surface area contributed by atoms with E-state index < -0.39 is 0 Å². The first-order valence-electron chi connectivity index (χ1n) is 11.4. The molecule has 2 aromatic carbocycles. The van der Waals surface area contributed by atoms with Gasteiger partial charge in [0.15, 0.2) is 0 Å². The molecule has 0 radical (unpaired) electrons.